The number of hydrogen-bond donors (Lipinski definition) is 1. The molecule has 0 radical (unpaired) electrons. The van der Waals surface area contributed by atoms with Gasteiger partial charge >= 0.3 is 5.97 Å². The normalized spacial score (nSPS) is 14.5. The van der Waals surface area contributed by atoms with E-state index in [4.69, 9.17) is 9.47 Å². The van der Waals surface area contributed by atoms with Crippen LogP contribution in [0.3, 0.4) is 0 Å². The molecule has 1 N–H and O–H groups in total. The van der Waals surface area contributed by atoms with Crippen molar-refractivity contribution in [2.45, 2.75) is 39.0 Å². The van der Waals surface area contributed by atoms with Crippen LogP contribution in [-0.4, -0.2) is 18.1 Å². The van der Waals surface area contributed by atoms with Crippen molar-refractivity contribution in [1.82, 2.24) is 4.98 Å². The van der Waals surface area contributed by atoms with Gasteiger partial charge in [0.2, 0.25) is 5.56 Å². The second-order valence-corrected chi connectivity index (χ2v) is 6.11. The Bertz CT molecular complexity index is 789. The van der Waals surface area contributed by atoms with Gasteiger partial charge in [0.15, 0.2) is 11.5 Å². The van der Waals surface area contributed by atoms with Gasteiger partial charge in [0.05, 0.1) is 12.6 Å². The van der Waals surface area contributed by atoms with Crippen LogP contribution in [-0.2, 0) is 11.2 Å². The van der Waals surface area contributed by atoms with Crippen molar-refractivity contribution in [3.05, 3.63) is 34.1 Å². The Morgan fingerprint density at radius 1 is 1.35 bits per heavy atom. The maximum Gasteiger partial charge on any atom is 0.308 e. The second kappa shape index (κ2) is 6.44. The number of ether oxygens (including phenoxy) is 2. The first-order chi connectivity index (χ1) is 11.1. The summed E-state index contributed by atoms with van der Waals surface area (Å²) >= 11 is 0. The molecule has 0 spiro atoms. The maximum absolute atomic E-state index is 12.0. The Morgan fingerprint density at radius 2 is 2.13 bits per heavy atom. The van der Waals surface area contributed by atoms with E-state index in [0.29, 0.717) is 11.3 Å². The van der Waals surface area contributed by atoms with Gasteiger partial charge in [0.1, 0.15) is 0 Å². The first-order valence-corrected chi connectivity index (χ1v) is 8.00. The molecule has 5 heteroatoms. The highest BCUT2D eigenvalue weighted by atomic mass is 16.6. The summed E-state index contributed by atoms with van der Waals surface area (Å²) in [5.41, 5.74) is 1.32. The number of esters is 1. The summed E-state index contributed by atoms with van der Waals surface area (Å²) < 4.78 is 10.5. The first kappa shape index (κ1) is 15.6. The molecule has 1 saturated carbocycles. The molecule has 1 aliphatic carbocycles. The van der Waals surface area contributed by atoms with Gasteiger partial charge in [-0.2, -0.15) is 0 Å². The van der Waals surface area contributed by atoms with Gasteiger partial charge in [0, 0.05) is 18.4 Å². The van der Waals surface area contributed by atoms with Gasteiger partial charge in [-0.15, -0.1) is 0 Å². The molecule has 1 heterocycles. The minimum Gasteiger partial charge on any atom is -0.493 e. The number of H-pyrrole nitrogens is 1. The van der Waals surface area contributed by atoms with E-state index >= 15 is 0 Å². The van der Waals surface area contributed by atoms with Crippen LogP contribution in [0.5, 0.6) is 11.5 Å². The zero-order valence-corrected chi connectivity index (χ0v) is 13.5. The molecule has 1 aromatic heterocycles. The Hall–Kier alpha value is -2.30. The van der Waals surface area contributed by atoms with Gasteiger partial charge in [-0.05, 0) is 36.5 Å². The van der Waals surface area contributed by atoms with Crippen LogP contribution in [0.2, 0.25) is 0 Å². The number of aromatic nitrogens is 1. The highest BCUT2D eigenvalue weighted by molar-refractivity contribution is 5.91. The van der Waals surface area contributed by atoms with Crippen LogP contribution in [0.4, 0.5) is 0 Å². The molecule has 0 amide bonds. The first-order valence-electron chi connectivity index (χ1n) is 8.00. The van der Waals surface area contributed by atoms with E-state index in [0.717, 1.165) is 29.7 Å². The fourth-order valence-corrected chi connectivity index (χ4v) is 3.10. The monoisotopic (exact) mass is 315 g/mol. The van der Waals surface area contributed by atoms with E-state index in [1.54, 1.807) is 12.1 Å². The third-order valence-electron chi connectivity index (χ3n) is 4.53. The molecular formula is C18H21NO4. The number of carbonyl (C=O) groups excluding carboxylic acids is 1. The van der Waals surface area contributed by atoms with Crippen LogP contribution < -0.4 is 15.0 Å². The molecule has 23 heavy (non-hydrogen) atoms. The molecule has 1 aliphatic rings. The summed E-state index contributed by atoms with van der Waals surface area (Å²) in [4.78, 5) is 26.2. The molecule has 1 aromatic carbocycles. The SMILES string of the molecule is COc1ccc2c(CCC3CCC3)cc(=O)[nH]c2c1OC(C)=O. The molecule has 0 atom stereocenters. The Morgan fingerprint density at radius 3 is 2.74 bits per heavy atom. The van der Waals surface area contributed by atoms with Crippen molar-refractivity contribution in [2.24, 2.45) is 5.92 Å². The number of aryl methyl sites for hydroxylation is 1. The summed E-state index contributed by atoms with van der Waals surface area (Å²) in [7, 11) is 1.51. The quantitative estimate of drug-likeness (QED) is 0.679. The number of nitrogens with one attached hydrogen (secondary N) is 1. The van der Waals surface area contributed by atoms with Crippen molar-refractivity contribution in [2.75, 3.05) is 7.11 Å². The third kappa shape index (κ3) is 3.23. The van der Waals surface area contributed by atoms with Crippen LogP contribution in [0.25, 0.3) is 10.9 Å². The predicted octanol–water partition coefficient (Wildman–Crippen LogP) is 3.19. The predicted molar refractivity (Wildman–Crippen MR) is 88.1 cm³/mol. The minimum absolute atomic E-state index is 0.192. The number of methoxy groups -OCH3 is 1. The van der Waals surface area contributed by atoms with Crippen LogP contribution >= 0.6 is 0 Å². The molecule has 0 saturated heterocycles. The fourth-order valence-electron chi connectivity index (χ4n) is 3.10. The summed E-state index contributed by atoms with van der Waals surface area (Å²) in [6.45, 7) is 1.33. The Balaban J connectivity index is 2.06. The van der Waals surface area contributed by atoms with Crippen molar-refractivity contribution in [3.63, 3.8) is 0 Å². The number of pyridine rings is 1. The lowest BCUT2D eigenvalue weighted by atomic mass is 9.81. The smallest absolute Gasteiger partial charge is 0.308 e. The summed E-state index contributed by atoms with van der Waals surface area (Å²) in [5.74, 6) is 1.03. The third-order valence-corrected chi connectivity index (χ3v) is 4.53. The van der Waals surface area contributed by atoms with Crippen molar-refractivity contribution >= 4 is 16.9 Å². The number of fused-ring (bicyclic) bond motifs is 1. The number of hydrogen-bond acceptors (Lipinski definition) is 4. The largest absolute Gasteiger partial charge is 0.493 e. The van der Waals surface area contributed by atoms with Crippen molar-refractivity contribution in [1.29, 1.82) is 0 Å². The van der Waals surface area contributed by atoms with E-state index in [-0.39, 0.29) is 11.3 Å². The van der Waals surface area contributed by atoms with E-state index < -0.39 is 5.97 Å². The average Bonchev–Trinajstić information content (AvgIpc) is 2.45. The molecule has 3 rings (SSSR count). The van der Waals surface area contributed by atoms with Gasteiger partial charge in [-0.25, -0.2) is 0 Å². The Kier molecular flexibility index (Phi) is 4.37. The van der Waals surface area contributed by atoms with E-state index in [9.17, 15) is 9.59 Å². The van der Waals surface area contributed by atoms with E-state index in [1.165, 1.54) is 33.3 Å². The standard InChI is InChI=1S/C18H21NO4/c1-11(20)23-18-15(22-2)9-8-14-13(7-6-12-4-3-5-12)10-16(21)19-17(14)18/h8-10,12H,3-7H2,1-2H3,(H,19,21). The van der Waals surface area contributed by atoms with Crippen LogP contribution in [0, 0.1) is 5.92 Å². The molecule has 0 aliphatic heterocycles. The summed E-state index contributed by atoms with van der Waals surface area (Å²) in [6.07, 6.45) is 5.83. The summed E-state index contributed by atoms with van der Waals surface area (Å²) in [6, 6.07) is 5.32. The van der Waals surface area contributed by atoms with Gasteiger partial charge < -0.3 is 14.5 Å². The molecule has 5 nitrogen and oxygen atoms in total. The number of rotatable bonds is 5. The van der Waals surface area contributed by atoms with Gasteiger partial charge in [-0.3, -0.25) is 9.59 Å². The Labute approximate surface area is 134 Å². The van der Waals surface area contributed by atoms with Gasteiger partial charge in [0.25, 0.3) is 0 Å². The highest BCUT2D eigenvalue weighted by Crippen LogP contribution is 2.36. The highest BCUT2D eigenvalue weighted by Gasteiger charge is 2.19. The topological polar surface area (TPSA) is 68.4 Å². The second-order valence-electron chi connectivity index (χ2n) is 6.11. The van der Waals surface area contributed by atoms with Crippen LogP contribution in [0.15, 0.2) is 23.0 Å². The van der Waals surface area contributed by atoms with Crippen molar-refractivity contribution < 1.29 is 14.3 Å². The zero-order chi connectivity index (χ0) is 16.4. The van der Waals surface area contributed by atoms with E-state index in [2.05, 4.69) is 4.98 Å². The molecular weight excluding hydrogens is 294 g/mol. The molecule has 122 valence electrons. The summed E-state index contributed by atoms with van der Waals surface area (Å²) in [5, 5.41) is 0.904. The minimum atomic E-state index is -0.448. The number of benzene rings is 1. The fraction of sp³-hybridized carbons (Fsp3) is 0.444. The molecule has 0 bridgehead atoms. The van der Waals surface area contributed by atoms with Crippen molar-refractivity contribution in [3.8, 4) is 11.5 Å². The van der Waals surface area contributed by atoms with Gasteiger partial charge in [-0.1, -0.05) is 19.3 Å². The maximum atomic E-state index is 12.0. The lowest BCUT2D eigenvalue weighted by Crippen LogP contribution is -2.14. The lowest BCUT2D eigenvalue weighted by molar-refractivity contribution is -0.131. The van der Waals surface area contributed by atoms with E-state index in [1.807, 2.05) is 6.07 Å². The molecule has 1 fully saturated rings. The molecule has 0 unspecified atom stereocenters. The lowest BCUT2D eigenvalue weighted by Gasteiger charge is -2.25. The number of aromatic amines is 1. The molecule has 2 aromatic rings. The van der Waals surface area contributed by atoms with Crippen LogP contribution in [0.1, 0.15) is 38.2 Å². The number of carbonyl (C=O) groups is 1. The average molecular weight is 315 g/mol. The zero-order valence-electron chi connectivity index (χ0n) is 13.5.